The van der Waals surface area contributed by atoms with E-state index in [9.17, 15) is 9.59 Å². The van der Waals surface area contributed by atoms with Crippen molar-refractivity contribution in [2.45, 2.75) is 38.3 Å². The molecule has 0 radical (unpaired) electrons. The van der Waals surface area contributed by atoms with Crippen molar-refractivity contribution in [2.75, 3.05) is 34.3 Å². The maximum Gasteiger partial charge on any atom is 0.338 e. The van der Waals surface area contributed by atoms with Gasteiger partial charge in [-0.25, -0.2) is 9.79 Å². The number of amides is 1. The fourth-order valence-electron chi connectivity index (χ4n) is 4.60. The number of aliphatic imine (C=N–C) groups is 1. The van der Waals surface area contributed by atoms with Gasteiger partial charge in [0.1, 0.15) is 0 Å². The maximum absolute atomic E-state index is 13.3. The fraction of sp³-hybridized carbons (Fsp3) is 0.458. The van der Waals surface area contributed by atoms with Gasteiger partial charge in [-0.05, 0) is 63.0 Å². The summed E-state index contributed by atoms with van der Waals surface area (Å²) in [6, 6.07) is 7.22. The third-order valence-electron chi connectivity index (χ3n) is 6.53. The van der Waals surface area contributed by atoms with Crippen molar-refractivity contribution in [3.8, 4) is 0 Å². The predicted octanol–water partition coefficient (Wildman–Crippen LogP) is 4.03. The molecule has 1 amide bonds. The highest BCUT2D eigenvalue weighted by molar-refractivity contribution is 8.16. The van der Waals surface area contributed by atoms with E-state index >= 15 is 0 Å². The number of amidine groups is 1. The molecule has 0 saturated carbocycles. The average Bonchev–Trinajstić information content (AvgIpc) is 3.19. The molecule has 1 aromatic carbocycles. The molecule has 4 rings (SSSR count). The first kappa shape index (κ1) is 23.9. The van der Waals surface area contributed by atoms with Gasteiger partial charge in [0.25, 0.3) is 0 Å². The summed E-state index contributed by atoms with van der Waals surface area (Å²) in [7, 11) is 5.37. The summed E-state index contributed by atoms with van der Waals surface area (Å²) in [6.45, 7) is 3.80. The summed E-state index contributed by atoms with van der Waals surface area (Å²) in [5.41, 5.74) is 2.73. The van der Waals surface area contributed by atoms with Crippen LogP contribution in [-0.4, -0.2) is 72.1 Å². The van der Waals surface area contributed by atoms with Crippen molar-refractivity contribution < 1.29 is 14.3 Å². The molecule has 9 heteroatoms. The third-order valence-corrected chi connectivity index (χ3v) is 7.66. The second-order valence-electron chi connectivity index (χ2n) is 8.66. The molecule has 0 bridgehead atoms. The number of nitrogens with zero attached hydrogens (tertiary/aromatic N) is 4. The zero-order chi connectivity index (χ0) is 23.7. The first-order valence-corrected chi connectivity index (χ1v) is 12.3. The van der Waals surface area contributed by atoms with E-state index in [2.05, 4.69) is 16.9 Å². The summed E-state index contributed by atoms with van der Waals surface area (Å²) < 4.78 is 5.10. The number of hydrogen-bond donors (Lipinski definition) is 0. The Morgan fingerprint density at radius 3 is 2.70 bits per heavy atom. The standard InChI is InChI=1S/C24H29ClN4O3S/c1-15-21(23(31)32-4)22(16-6-5-7-17(25)12-16)29-19(14-33-24(29)26-15)13-20(30)28(3)18-8-10-27(2)11-9-18/h5-7,12,14,18,22H,8-11,13H2,1-4H3/t22-/m1/s1. The number of thioether (sulfide) groups is 1. The number of allylic oxidation sites excluding steroid dienone is 1. The second-order valence-corrected chi connectivity index (χ2v) is 9.93. The second kappa shape index (κ2) is 9.91. The average molecular weight is 489 g/mol. The topological polar surface area (TPSA) is 65.5 Å². The van der Waals surface area contributed by atoms with Crippen LogP contribution in [0, 0.1) is 0 Å². The molecule has 176 valence electrons. The summed E-state index contributed by atoms with van der Waals surface area (Å²) in [5, 5.41) is 3.29. The molecule has 1 saturated heterocycles. The van der Waals surface area contributed by atoms with Gasteiger partial charge in [0.2, 0.25) is 5.91 Å². The van der Waals surface area contributed by atoms with Gasteiger partial charge in [0.15, 0.2) is 5.17 Å². The highest BCUT2D eigenvalue weighted by Crippen LogP contribution is 2.45. The summed E-state index contributed by atoms with van der Waals surface area (Å²) in [6.07, 6.45) is 2.18. The molecule has 0 aliphatic carbocycles. The molecular weight excluding hydrogens is 460 g/mol. The number of methoxy groups -OCH3 is 1. The van der Waals surface area contributed by atoms with E-state index in [1.54, 1.807) is 6.07 Å². The minimum Gasteiger partial charge on any atom is -0.466 e. The normalized spacial score (nSPS) is 21.5. The van der Waals surface area contributed by atoms with Gasteiger partial charge in [-0.3, -0.25) is 4.79 Å². The lowest BCUT2D eigenvalue weighted by Crippen LogP contribution is -2.45. The molecule has 33 heavy (non-hydrogen) atoms. The SMILES string of the molecule is COC(=O)C1=C(C)N=C2SC=C(CC(=O)N(C)C3CCN(C)CC3)N2[C@@H]1c1cccc(Cl)c1. The molecule has 3 aliphatic heterocycles. The largest absolute Gasteiger partial charge is 0.466 e. The number of piperidine rings is 1. The summed E-state index contributed by atoms with van der Waals surface area (Å²) in [5.74, 6) is -0.375. The van der Waals surface area contributed by atoms with E-state index in [1.165, 1.54) is 18.9 Å². The molecular formula is C24H29ClN4O3S. The van der Waals surface area contributed by atoms with Crippen LogP contribution >= 0.6 is 23.4 Å². The highest BCUT2D eigenvalue weighted by atomic mass is 35.5. The molecule has 0 aromatic heterocycles. The molecule has 7 nitrogen and oxygen atoms in total. The number of likely N-dealkylation sites (tertiary alicyclic amines) is 1. The smallest absolute Gasteiger partial charge is 0.338 e. The van der Waals surface area contributed by atoms with Crippen molar-refractivity contribution in [2.24, 2.45) is 4.99 Å². The molecule has 3 heterocycles. The van der Waals surface area contributed by atoms with Crippen molar-refractivity contribution in [1.82, 2.24) is 14.7 Å². The van der Waals surface area contributed by atoms with Crippen LogP contribution in [0.5, 0.6) is 0 Å². The highest BCUT2D eigenvalue weighted by Gasteiger charge is 2.41. The van der Waals surface area contributed by atoms with Crippen LogP contribution in [0.25, 0.3) is 0 Å². The summed E-state index contributed by atoms with van der Waals surface area (Å²) in [4.78, 5) is 36.9. The van der Waals surface area contributed by atoms with E-state index in [0.717, 1.165) is 42.4 Å². The van der Waals surface area contributed by atoms with Gasteiger partial charge in [-0.15, -0.1) is 0 Å². The van der Waals surface area contributed by atoms with Crippen molar-refractivity contribution in [3.63, 3.8) is 0 Å². The number of fused-ring (bicyclic) bond motifs is 1. The number of hydrogen-bond acceptors (Lipinski definition) is 7. The lowest BCUT2D eigenvalue weighted by molar-refractivity contribution is -0.136. The summed E-state index contributed by atoms with van der Waals surface area (Å²) >= 11 is 7.77. The van der Waals surface area contributed by atoms with Crippen LogP contribution in [0.15, 0.2) is 51.6 Å². The van der Waals surface area contributed by atoms with Gasteiger partial charge in [-0.1, -0.05) is 35.5 Å². The van der Waals surface area contributed by atoms with Gasteiger partial charge in [0.05, 0.1) is 30.8 Å². The van der Waals surface area contributed by atoms with Crippen molar-refractivity contribution in [3.05, 3.63) is 57.2 Å². The van der Waals surface area contributed by atoms with Crippen LogP contribution < -0.4 is 0 Å². The van der Waals surface area contributed by atoms with E-state index in [-0.39, 0.29) is 18.4 Å². The van der Waals surface area contributed by atoms with Gasteiger partial charge >= 0.3 is 5.97 Å². The Bertz CT molecular complexity index is 1050. The molecule has 0 unspecified atom stereocenters. The van der Waals surface area contributed by atoms with E-state index in [1.807, 2.05) is 47.4 Å². The van der Waals surface area contributed by atoms with Crippen LogP contribution in [0.3, 0.4) is 0 Å². The number of esters is 1. The van der Waals surface area contributed by atoms with Crippen molar-refractivity contribution >= 4 is 40.4 Å². The molecule has 0 N–H and O–H groups in total. The number of halogens is 1. The monoisotopic (exact) mass is 488 g/mol. The Kier molecular flexibility index (Phi) is 7.16. The number of benzene rings is 1. The first-order chi connectivity index (χ1) is 15.8. The van der Waals surface area contributed by atoms with E-state index in [0.29, 0.717) is 16.3 Å². The number of ether oxygens (including phenoxy) is 1. The lowest BCUT2D eigenvalue weighted by atomic mass is 9.94. The Labute approximate surface area is 204 Å². The Morgan fingerprint density at radius 2 is 2.03 bits per heavy atom. The zero-order valence-electron chi connectivity index (χ0n) is 19.4. The molecule has 1 aromatic rings. The first-order valence-electron chi connectivity index (χ1n) is 11.0. The fourth-order valence-corrected chi connectivity index (χ4v) is 5.76. The Morgan fingerprint density at radius 1 is 1.30 bits per heavy atom. The van der Waals surface area contributed by atoms with E-state index in [4.69, 9.17) is 16.3 Å². The molecule has 1 fully saturated rings. The molecule has 0 spiro atoms. The Balaban J connectivity index is 1.62. The lowest BCUT2D eigenvalue weighted by Gasteiger charge is -2.38. The molecule has 3 aliphatic rings. The third kappa shape index (κ3) is 4.83. The quantitative estimate of drug-likeness (QED) is 0.583. The number of carbonyl (C=O) groups is 2. The van der Waals surface area contributed by atoms with E-state index < -0.39 is 12.0 Å². The minimum absolute atomic E-state index is 0.0633. The van der Waals surface area contributed by atoms with Crippen LogP contribution in [-0.2, 0) is 14.3 Å². The maximum atomic E-state index is 13.3. The van der Waals surface area contributed by atoms with Crippen LogP contribution in [0.4, 0.5) is 0 Å². The van der Waals surface area contributed by atoms with Gasteiger partial charge < -0.3 is 19.4 Å². The molecule has 1 atom stereocenters. The van der Waals surface area contributed by atoms with Gasteiger partial charge in [-0.2, -0.15) is 0 Å². The van der Waals surface area contributed by atoms with Crippen LogP contribution in [0.2, 0.25) is 5.02 Å². The Hall–Kier alpha value is -2.29. The number of carbonyl (C=O) groups excluding carboxylic acids is 2. The zero-order valence-corrected chi connectivity index (χ0v) is 20.9. The van der Waals surface area contributed by atoms with Crippen LogP contribution in [0.1, 0.15) is 37.8 Å². The predicted molar refractivity (Wildman–Crippen MR) is 132 cm³/mol. The van der Waals surface area contributed by atoms with Gasteiger partial charge in [0, 0.05) is 23.8 Å². The number of rotatable bonds is 5. The minimum atomic E-state index is -0.466. The van der Waals surface area contributed by atoms with Crippen molar-refractivity contribution in [1.29, 1.82) is 0 Å².